The van der Waals surface area contributed by atoms with Gasteiger partial charge < -0.3 is 35.1 Å². The van der Waals surface area contributed by atoms with Gasteiger partial charge in [-0.15, -0.1) is 23.1 Å². The molecule has 0 fully saturated rings. The number of thioether (sulfide) groups is 1. The molecule has 1 aromatic heterocycles. The highest BCUT2D eigenvalue weighted by Crippen LogP contribution is 2.39. The molecule has 294 valence electrons. The number of esters is 1. The van der Waals surface area contributed by atoms with E-state index in [1.807, 2.05) is 19.9 Å². The Bertz CT molecular complexity index is 2090. The van der Waals surface area contributed by atoms with E-state index in [9.17, 15) is 24.0 Å². The van der Waals surface area contributed by atoms with Crippen molar-refractivity contribution >= 4 is 69.6 Å². The largest absolute Gasteiger partial charge is 0.494 e. The van der Waals surface area contributed by atoms with Crippen molar-refractivity contribution in [1.29, 1.82) is 0 Å². The molecule has 14 heteroatoms. The third-order valence-electron chi connectivity index (χ3n) is 8.40. The first-order valence-electron chi connectivity index (χ1n) is 18.2. The summed E-state index contributed by atoms with van der Waals surface area (Å²) >= 11 is 2.55. The number of thiophene rings is 1. The number of amides is 4. The van der Waals surface area contributed by atoms with E-state index in [4.69, 9.17) is 14.2 Å². The number of carbonyl (C=O) groups is 5. The Morgan fingerprint density at radius 1 is 0.946 bits per heavy atom. The van der Waals surface area contributed by atoms with Crippen molar-refractivity contribution in [2.24, 2.45) is 0 Å². The van der Waals surface area contributed by atoms with Gasteiger partial charge in [-0.05, 0) is 100 Å². The van der Waals surface area contributed by atoms with E-state index in [-0.39, 0.29) is 18.1 Å². The van der Waals surface area contributed by atoms with E-state index in [2.05, 4.69) is 16.0 Å². The Balaban J connectivity index is 1.31. The molecular formula is C42H46N4O8S2. The highest BCUT2D eigenvalue weighted by Gasteiger charge is 2.33. The second kappa shape index (κ2) is 18.8. The lowest BCUT2D eigenvalue weighted by atomic mass is 10.0. The molecule has 1 atom stereocenters. The maximum atomic E-state index is 13.8. The van der Waals surface area contributed by atoms with Crippen LogP contribution in [-0.4, -0.2) is 65.8 Å². The number of nitrogens with one attached hydrogen (secondary N) is 3. The minimum absolute atomic E-state index is 0.0288. The van der Waals surface area contributed by atoms with Crippen LogP contribution >= 0.6 is 23.1 Å². The molecule has 56 heavy (non-hydrogen) atoms. The highest BCUT2D eigenvalue weighted by molar-refractivity contribution is 8.00. The molecule has 4 amide bonds. The van der Waals surface area contributed by atoms with Crippen molar-refractivity contribution in [2.75, 3.05) is 30.9 Å². The molecule has 0 aliphatic carbocycles. The molecule has 0 saturated heterocycles. The predicted molar refractivity (Wildman–Crippen MR) is 219 cm³/mol. The summed E-state index contributed by atoms with van der Waals surface area (Å²) in [5.41, 5.74) is 1.94. The number of fused-ring (bicyclic) bond motifs is 1. The van der Waals surface area contributed by atoms with Gasteiger partial charge in [-0.3, -0.25) is 14.4 Å². The second-order valence-electron chi connectivity index (χ2n) is 13.7. The van der Waals surface area contributed by atoms with Gasteiger partial charge in [-0.2, -0.15) is 0 Å². The van der Waals surface area contributed by atoms with Crippen LogP contribution in [0.15, 0.2) is 89.5 Å². The summed E-state index contributed by atoms with van der Waals surface area (Å²) in [5, 5.41) is 8.39. The quantitative estimate of drug-likeness (QED) is 0.0692. The maximum Gasteiger partial charge on any atom is 0.410 e. The molecule has 12 nitrogen and oxygen atoms in total. The van der Waals surface area contributed by atoms with Gasteiger partial charge >= 0.3 is 12.1 Å². The average Bonchev–Trinajstić information content (AvgIpc) is 3.53. The lowest BCUT2D eigenvalue weighted by Crippen LogP contribution is -2.39. The van der Waals surface area contributed by atoms with Gasteiger partial charge in [0.15, 0.2) is 0 Å². The van der Waals surface area contributed by atoms with Crippen molar-refractivity contribution < 1.29 is 38.2 Å². The number of nitrogens with zero attached hydrogens (tertiary/aromatic N) is 1. The van der Waals surface area contributed by atoms with Gasteiger partial charge in [0.25, 0.3) is 11.8 Å². The van der Waals surface area contributed by atoms with Crippen LogP contribution in [0.2, 0.25) is 0 Å². The molecule has 2 heterocycles. The van der Waals surface area contributed by atoms with Crippen molar-refractivity contribution in [1.82, 2.24) is 10.2 Å². The van der Waals surface area contributed by atoms with Crippen LogP contribution in [0.1, 0.15) is 77.8 Å². The van der Waals surface area contributed by atoms with Gasteiger partial charge in [0.2, 0.25) is 5.91 Å². The second-order valence-corrected chi connectivity index (χ2v) is 16.1. The normalized spacial score (nSPS) is 13.2. The van der Waals surface area contributed by atoms with Crippen LogP contribution in [0.25, 0.3) is 6.08 Å². The number of hydrogen-bond acceptors (Lipinski definition) is 10. The molecule has 0 spiro atoms. The number of anilines is 2. The monoisotopic (exact) mass is 798 g/mol. The number of methoxy groups -OCH3 is 1. The predicted octanol–water partition coefficient (Wildman–Crippen LogP) is 8.15. The minimum atomic E-state index is -0.654. The zero-order chi connectivity index (χ0) is 40.4. The molecule has 5 rings (SSSR count). The number of ether oxygens (including phenoxy) is 3. The van der Waals surface area contributed by atoms with E-state index in [1.54, 1.807) is 105 Å². The SMILES string of the molecule is CCOc1ccc(/C=C(/NC(=O)c2ccccc2)C(=O)Nc2cccc(SC(CC)C(=O)Nc3sc4c(c3C(=O)OC)CCN(C(=O)OC(C)(C)C)C4)c2)cc1. The average molecular weight is 799 g/mol. The minimum Gasteiger partial charge on any atom is -0.494 e. The molecule has 4 aromatic rings. The van der Waals surface area contributed by atoms with E-state index in [1.165, 1.54) is 30.2 Å². The van der Waals surface area contributed by atoms with Crippen molar-refractivity contribution in [2.45, 2.75) is 69.8 Å². The molecule has 1 aliphatic heterocycles. The number of benzene rings is 3. The molecule has 0 saturated carbocycles. The number of rotatable bonds is 13. The molecule has 1 aliphatic rings. The Morgan fingerprint density at radius 2 is 1.68 bits per heavy atom. The Kier molecular flexibility index (Phi) is 14.0. The van der Waals surface area contributed by atoms with Crippen LogP contribution in [0, 0.1) is 0 Å². The Labute approximate surface area is 335 Å². The van der Waals surface area contributed by atoms with Crippen LogP contribution in [0.3, 0.4) is 0 Å². The fourth-order valence-corrected chi connectivity index (χ4v) is 8.02. The summed E-state index contributed by atoms with van der Waals surface area (Å²) in [6.45, 7) is 10.3. The summed E-state index contributed by atoms with van der Waals surface area (Å²) in [5.74, 6) is -1.19. The summed E-state index contributed by atoms with van der Waals surface area (Å²) in [6, 6.07) is 22.8. The molecule has 0 radical (unpaired) electrons. The standard InChI is InChI=1S/C42H46N4O8S2/c1-7-33(38(49)45-39-35(40(50)52-6)31-21-22-46(25-34(31)56-39)41(51)54-42(3,4)5)55-30-16-12-15-28(24-30)43-37(48)32(44-36(47)27-13-10-9-11-14-27)23-26-17-19-29(20-18-26)53-8-2/h9-20,23-24,33H,7-8,21-22,25H2,1-6H3,(H,43,48)(H,44,47)(H,45,49)/b32-23+. The number of hydrogen-bond donors (Lipinski definition) is 3. The third-order valence-corrected chi connectivity index (χ3v) is 10.9. The van der Waals surface area contributed by atoms with Gasteiger partial charge in [-0.1, -0.05) is 43.3 Å². The lowest BCUT2D eigenvalue weighted by molar-refractivity contribution is -0.116. The van der Waals surface area contributed by atoms with Crippen LogP contribution in [-0.2, 0) is 32.0 Å². The van der Waals surface area contributed by atoms with Crippen LogP contribution in [0.4, 0.5) is 15.5 Å². The van der Waals surface area contributed by atoms with Crippen molar-refractivity contribution in [3.05, 3.63) is 112 Å². The van der Waals surface area contributed by atoms with Crippen LogP contribution in [0.5, 0.6) is 5.75 Å². The fourth-order valence-electron chi connectivity index (χ4n) is 5.75. The topological polar surface area (TPSA) is 152 Å². The van der Waals surface area contributed by atoms with E-state index in [0.29, 0.717) is 64.0 Å². The van der Waals surface area contributed by atoms with Crippen molar-refractivity contribution in [3.63, 3.8) is 0 Å². The fraction of sp³-hybridized carbons (Fsp3) is 0.310. The zero-order valence-electron chi connectivity index (χ0n) is 32.2. The summed E-state index contributed by atoms with van der Waals surface area (Å²) in [7, 11) is 1.29. The van der Waals surface area contributed by atoms with E-state index in [0.717, 1.165) is 10.4 Å². The number of carbonyl (C=O) groups excluding carboxylic acids is 5. The van der Waals surface area contributed by atoms with Gasteiger partial charge in [0.05, 0.1) is 31.1 Å². The summed E-state index contributed by atoms with van der Waals surface area (Å²) < 4.78 is 16.2. The molecule has 1 unspecified atom stereocenters. The molecular weight excluding hydrogens is 753 g/mol. The Morgan fingerprint density at radius 3 is 2.34 bits per heavy atom. The van der Waals surface area contributed by atoms with Gasteiger partial charge in [-0.25, -0.2) is 9.59 Å². The maximum absolute atomic E-state index is 13.8. The zero-order valence-corrected chi connectivity index (χ0v) is 33.9. The third kappa shape index (κ3) is 11.0. The summed E-state index contributed by atoms with van der Waals surface area (Å²) in [6.07, 6.45) is 2.00. The van der Waals surface area contributed by atoms with Crippen LogP contribution < -0.4 is 20.7 Å². The first kappa shape index (κ1) is 41.6. The molecule has 3 aromatic carbocycles. The van der Waals surface area contributed by atoms with E-state index >= 15 is 0 Å². The highest BCUT2D eigenvalue weighted by atomic mass is 32.2. The van der Waals surface area contributed by atoms with Gasteiger partial charge in [0, 0.05) is 27.6 Å². The lowest BCUT2D eigenvalue weighted by Gasteiger charge is -2.30. The smallest absolute Gasteiger partial charge is 0.410 e. The molecule has 3 N–H and O–H groups in total. The summed E-state index contributed by atoms with van der Waals surface area (Å²) in [4.78, 5) is 69.5. The first-order valence-corrected chi connectivity index (χ1v) is 19.9. The van der Waals surface area contributed by atoms with Gasteiger partial charge in [0.1, 0.15) is 22.0 Å². The first-order chi connectivity index (χ1) is 26.8. The molecule has 0 bridgehead atoms. The van der Waals surface area contributed by atoms with E-state index < -0.39 is 34.7 Å². The van der Waals surface area contributed by atoms with Crippen molar-refractivity contribution in [3.8, 4) is 5.75 Å². The Hall–Kier alpha value is -5.60.